The second-order valence-corrected chi connectivity index (χ2v) is 6.26. The van der Waals surface area contributed by atoms with Crippen molar-refractivity contribution in [2.75, 3.05) is 5.73 Å². The van der Waals surface area contributed by atoms with Crippen molar-refractivity contribution in [1.29, 1.82) is 0 Å². The number of nitrogens with zero attached hydrogens (tertiary/aromatic N) is 2. The zero-order valence-electron chi connectivity index (χ0n) is 11.1. The molecular formula is C12H15FN4O2S. The Morgan fingerprint density at radius 1 is 1.45 bits per heavy atom. The van der Waals surface area contributed by atoms with Crippen molar-refractivity contribution >= 4 is 15.7 Å². The molecule has 0 saturated carbocycles. The maximum Gasteiger partial charge on any atom is 0.240 e. The summed E-state index contributed by atoms with van der Waals surface area (Å²) in [5, 5.41) is 3.94. The highest BCUT2D eigenvalue weighted by Gasteiger charge is 2.17. The van der Waals surface area contributed by atoms with Gasteiger partial charge in [-0.2, -0.15) is 5.10 Å². The fourth-order valence-electron chi connectivity index (χ4n) is 1.74. The van der Waals surface area contributed by atoms with E-state index in [0.717, 1.165) is 11.6 Å². The maximum atomic E-state index is 13.4. The van der Waals surface area contributed by atoms with Crippen molar-refractivity contribution in [2.24, 2.45) is 7.05 Å². The molecule has 6 nitrogen and oxygen atoms in total. The lowest BCUT2D eigenvalue weighted by Crippen LogP contribution is -2.23. The molecular weight excluding hydrogens is 283 g/mol. The summed E-state index contributed by atoms with van der Waals surface area (Å²) in [5.41, 5.74) is 6.17. The first-order valence-electron chi connectivity index (χ1n) is 5.82. The van der Waals surface area contributed by atoms with Gasteiger partial charge >= 0.3 is 0 Å². The maximum absolute atomic E-state index is 13.4. The van der Waals surface area contributed by atoms with Gasteiger partial charge in [-0.3, -0.25) is 4.68 Å². The molecule has 0 aliphatic rings. The molecule has 108 valence electrons. The predicted molar refractivity (Wildman–Crippen MR) is 72.8 cm³/mol. The highest BCUT2D eigenvalue weighted by atomic mass is 32.2. The Bertz CT molecular complexity index is 717. The first-order valence-corrected chi connectivity index (χ1v) is 7.31. The van der Waals surface area contributed by atoms with E-state index < -0.39 is 15.8 Å². The number of nitrogen functional groups attached to an aromatic ring is 1. The Hall–Kier alpha value is -1.93. The van der Waals surface area contributed by atoms with Gasteiger partial charge in [-0.1, -0.05) is 0 Å². The summed E-state index contributed by atoms with van der Waals surface area (Å²) >= 11 is 0. The topological polar surface area (TPSA) is 90.0 Å². The van der Waals surface area contributed by atoms with E-state index in [-0.39, 0.29) is 22.7 Å². The summed E-state index contributed by atoms with van der Waals surface area (Å²) in [6.45, 7) is 1.57. The van der Waals surface area contributed by atoms with Crippen LogP contribution in [0.1, 0.15) is 11.1 Å². The van der Waals surface area contributed by atoms with Crippen LogP contribution in [0.15, 0.2) is 29.4 Å². The molecule has 0 radical (unpaired) electrons. The van der Waals surface area contributed by atoms with Gasteiger partial charge in [0.25, 0.3) is 0 Å². The van der Waals surface area contributed by atoms with Gasteiger partial charge in [0.2, 0.25) is 10.0 Å². The predicted octanol–water partition coefficient (Wildman–Crippen LogP) is 0.928. The second kappa shape index (κ2) is 5.22. The quantitative estimate of drug-likeness (QED) is 0.822. The standard InChI is InChI=1S/C12H15FN4O2S/c1-8-3-10(4-11(14)12(8)13)20(18,19)16-6-9-5-15-17(2)7-9/h3-5,7,16H,6,14H2,1-2H3. The lowest BCUT2D eigenvalue weighted by atomic mass is 10.2. The zero-order valence-corrected chi connectivity index (χ0v) is 11.9. The van der Waals surface area contributed by atoms with Crippen molar-refractivity contribution in [3.63, 3.8) is 0 Å². The van der Waals surface area contributed by atoms with Gasteiger partial charge in [0, 0.05) is 25.4 Å². The summed E-state index contributed by atoms with van der Waals surface area (Å²) in [6.07, 6.45) is 3.26. The SMILES string of the molecule is Cc1cc(S(=O)(=O)NCc2cnn(C)c2)cc(N)c1F. The van der Waals surface area contributed by atoms with E-state index in [4.69, 9.17) is 5.73 Å². The van der Waals surface area contributed by atoms with E-state index in [0.29, 0.717) is 0 Å². The van der Waals surface area contributed by atoms with Crippen molar-refractivity contribution in [3.8, 4) is 0 Å². The molecule has 3 N–H and O–H groups in total. The van der Waals surface area contributed by atoms with Crippen LogP contribution < -0.4 is 10.5 Å². The fourth-order valence-corrected chi connectivity index (χ4v) is 2.88. The Morgan fingerprint density at radius 2 is 2.15 bits per heavy atom. The number of hydrogen-bond donors (Lipinski definition) is 2. The number of aromatic nitrogens is 2. The minimum absolute atomic E-state index is 0.0576. The molecule has 1 aromatic carbocycles. The summed E-state index contributed by atoms with van der Waals surface area (Å²) < 4.78 is 41.6. The average molecular weight is 298 g/mol. The van der Waals surface area contributed by atoms with Crippen LogP contribution in [-0.2, 0) is 23.6 Å². The Labute approximate surface area is 116 Å². The number of rotatable bonds is 4. The molecule has 2 aromatic rings. The van der Waals surface area contributed by atoms with Crippen molar-refractivity contribution in [1.82, 2.24) is 14.5 Å². The summed E-state index contributed by atoms with van der Waals surface area (Å²) in [7, 11) is -2.01. The lowest BCUT2D eigenvalue weighted by molar-refractivity contribution is 0.580. The largest absolute Gasteiger partial charge is 0.396 e. The van der Waals surface area contributed by atoms with Gasteiger partial charge in [-0.15, -0.1) is 0 Å². The van der Waals surface area contributed by atoms with Crippen molar-refractivity contribution in [2.45, 2.75) is 18.4 Å². The van der Waals surface area contributed by atoms with E-state index in [9.17, 15) is 12.8 Å². The second-order valence-electron chi connectivity index (χ2n) is 4.49. The number of benzene rings is 1. The van der Waals surface area contributed by atoms with E-state index in [1.54, 1.807) is 24.1 Å². The molecule has 1 aromatic heterocycles. The summed E-state index contributed by atoms with van der Waals surface area (Å²) in [4.78, 5) is -0.0576. The first kappa shape index (κ1) is 14.5. The number of nitrogens with two attached hydrogens (primary N) is 1. The van der Waals surface area contributed by atoms with Gasteiger partial charge < -0.3 is 5.73 Å². The van der Waals surface area contributed by atoms with Crippen LogP contribution in [0.3, 0.4) is 0 Å². The van der Waals surface area contributed by atoms with Crippen LogP contribution in [0.2, 0.25) is 0 Å². The molecule has 0 bridgehead atoms. The van der Waals surface area contributed by atoms with Crippen LogP contribution >= 0.6 is 0 Å². The number of hydrogen-bond acceptors (Lipinski definition) is 4. The van der Waals surface area contributed by atoms with E-state index in [2.05, 4.69) is 9.82 Å². The molecule has 8 heteroatoms. The van der Waals surface area contributed by atoms with Crippen LogP contribution in [0.5, 0.6) is 0 Å². The number of anilines is 1. The first-order chi connectivity index (χ1) is 9.29. The Balaban J connectivity index is 2.22. The molecule has 0 aliphatic carbocycles. The van der Waals surface area contributed by atoms with E-state index >= 15 is 0 Å². The number of nitrogens with one attached hydrogen (secondary N) is 1. The van der Waals surface area contributed by atoms with Crippen LogP contribution in [0.25, 0.3) is 0 Å². The number of sulfonamides is 1. The zero-order chi connectivity index (χ0) is 14.9. The average Bonchev–Trinajstić information content (AvgIpc) is 2.79. The highest BCUT2D eigenvalue weighted by molar-refractivity contribution is 7.89. The van der Waals surface area contributed by atoms with E-state index in [1.165, 1.54) is 13.0 Å². The molecule has 0 amide bonds. The molecule has 0 unspecified atom stereocenters. The van der Waals surface area contributed by atoms with Crippen LogP contribution in [-0.4, -0.2) is 18.2 Å². The minimum Gasteiger partial charge on any atom is -0.396 e. The molecule has 20 heavy (non-hydrogen) atoms. The molecule has 2 rings (SSSR count). The molecule has 0 saturated heterocycles. The Morgan fingerprint density at radius 3 is 2.70 bits per heavy atom. The monoisotopic (exact) mass is 298 g/mol. The third kappa shape index (κ3) is 2.97. The molecule has 0 atom stereocenters. The summed E-state index contributed by atoms with van der Waals surface area (Å²) in [5.74, 6) is -0.601. The minimum atomic E-state index is -3.74. The molecule has 0 fully saturated rings. The summed E-state index contributed by atoms with van der Waals surface area (Å²) in [6, 6.07) is 2.35. The van der Waals surface area contributed by atoms with Crippen molar-refractivity contribution in [3.05, 3.63) is 41.5 Å². The van der Waals surface area contributed by atoms with Gasteiger partial charge in [0.15, 0.2) is 0 Å². The highest BCUT2D eigenvalue weighted by Crippen LogP contribution is 2.20. The van der Waals surface area contributed by atoms with Crippen LogP contribution in [0.4, 0.5) is 10.1 Å². The number of aryl methyl sites for hydroxylation is 2. The van der Waals surface area contributed by atoms with Crippen LogP contribution in [0, 0.1) is 12.7 Å². The molecule has 0 aliphatic heterocycles. The molecule has 1 heterocycles. The number of halogens is 1. The van der Waals surface area contributed by atoms with Gasteiger partial charge in [-0.25, -0.2) is 17.5 Å². The molecule has 0 spiro atoms. The van der Waals surface area contributed by atoms with Gasteiger partial charge in [0.1, 0.15) is 5.82 Å². The fraction of sp³-hybridized carbons (Fsp3) is 0.250. The third-order valence-corrected chi connectivity index (χ3v) is 4.17. The van der Waals surface area contributed by atoms with Crippen molar-refractivity contribution < 1.29 is 12.8 Å². The van der Waals surface area contributed by atoms with Gasteiger partial charge in [0.05, 0.1) is 16.8 Å². The van der Waals surface area contributed by atoms with E-state index in [1.807, 2.05) is 0 Å². The Kier molecular flexibility index (Phi) is 3.78. The normalized spacial score (nSPS) is 11.8. The van der Waals surface area contributed by atoms with Gasteiger partial charge in [-0.05, 0) is 24.6 Å². The lowest BCUT2D eigenvalue weighted by Gasteiger charge is -2.08. The smallest absolute Gasteiger partial charge is 0.240 e. The third-order valence-electron chi connectivity index (χ3n) is 2.79.